The Kier molecular flexibility index (Phi) is 5.45. The highest BCUT2D eigenvalue weighted by Gasteiger charge is 2.14. The second-order valence-corrected chi connectivity index (χ2v) is 7.00. The Morgan fingerprint density at radius 1 is 1.11 bits per heavy atom. The Hall–Kier alpha value is -2.88. The number of benzene rings is 2. The summed E-state index contributed by atoms with van der Waals surface area (Å²) in [6.45, 7) is 7.93. The minimum Gasteiger partial charge on any atom is -0.423 e. The van der Waals surface area contributed by atoms with Gasteiger partial charge >= 0.3 is 5.63 Å². The standard InChI is InChI=1S/C23H25NO3/c1-5-17-8-6-7-15(3)22(17)24-21(25)12-11-19-16(4)18-10-9-14(2)13-20(18)27-23(19)26/h6-10,13H,5,11-12H2,1-4H3,(H,24,25). The van der Waals surface area contributed by atoms with Crippen molar-refractivity contribution in [3.63, 3.8) is 0 Å². The number of nitrogens with one attached hydrogen (secondary N) is 1. The van der Waals surface area contributed by atoms with Crippen LogP contribution in [0.25, 0.3) is 11.0 Å². The fraction of sp³-hybridized carbons (Fsp3) is 0.304. The lowest BCUT2D eigenvalue weighted by molar-refractivity contribution is -0.116. The molecule has 0 saturated heterocycles. The first-order chi connectivity index (χ1) is 12.9. The second kappa shape index (κ2) is 7.78. The number of carbonyl (C=O) groups is 1. The lowest BCUT2D eigenvalue weighted by Gasteiger charge is -2.13. The first-order valence-corrected chi connectivity index (χ1v) is 9.32. The predicted octanol–water partition coefficient (Wildman–Crippen LogP) is 4.85. The van der Waals surface area contributed by atoms with Crippen molar-refractivity contribution in [3.8, 4) is 0 Å². The van der Waals surface area contributed by atoms with E-state index in [1.54, 1.807) is 0 Å². The van der Waals surface area contributed by atoms with E-state index in [1.807, 2.05) is 57.2 Å². The zero-order valence-electron chi connectivity index (χ0n) is 16.3. The molecular weight excluding hydrogens is 338 g/mol. The molecule has 140 valence electrons. The van der Waals surface area contributed by atoms with Gasteiger partial charge in [-0.05, 0) is 61.9 Å². The van der Waals surface area contributed by atoms with E-state index < -0.39 is 0 Å². The third-order valence-electron chi connectivity index (χ3n) is 5.05. The second-order valence-electron chi connectivity index (χ2n) is 7.00. The summed E-state index contributed by atoms with van der Waals surface area (Å²) >= 11 is 0. The molecule has 0 aliphatic rings. The highest BCUT2D eigenvalue weighted by molar-refractivity contribution is 5.92. The van der Waals surface area contributed by atoms with Gasteiger partial charge in [-0.1, -0.05) is 37.3 Å². The first-order valence-electron chi connectivity index (χ1n) is 9.32. The van der Waals surface area contributed by atoms with Crippen molar-refractivity contribution in [2.24, 2.45) is 0 Å². The van der Waals surface area contributed by atoms with Crippen molar-refractivity contribution in [1.29, 1.82) is 0 Å². The zero-order chi connectivity index (χ0) is 19.6. The molecule has 0 fully saturated rings. The molecule has 27 heavy (non-hydrogen) atoms. The van der Waals surface area contributed by atoms with E-state index in [0.29, 0.717) is 17.6 Å². The molecule has 0 unspecified atom stereocenters. The number of amides is 1. The summed E-state index contributed by atoms with van der Waals surface area (Å²) < 4.78 is 5.47. The summed E-state index contributed by atoms with van der Waals surface area (Å²) in [5.74, 6) is -0.0956. The highest BCUT2D eigenvalue weighted by atomic mass is 16.4. The molecule has 4 heteroatoms. The van der Waals surface area contributed by atoms with E-state index in [0.717, 1.165) is 39.7 Å². The van der Waals surface area contributed by atoms with Gasteiger partial charge < -0.3 is 9.73 Å². The monoisotopic (exact) mass is 363 g/mol. The Bertz CT molecular complexity index is 1060. The minimum atomic E-state index is -0.358. The number of hydrogen-bond acceptors (Lipinski definition) is 3. The summed E-state index contributed by atoms with van der Waals surface area (Å²) in [5.41, 5.74) is 5.77. The van der Waals surface area contributed by atoms with Crippen molar-refractivity contribution in [2.75, 3.05) is 5.32 Å². The molecule has 0 atom stereocenters. The van der Waals surface area contributed by atoms with Crippen LogP contribution in [-0.4, -0.2) is 5.91 Å². The maximum absolute atomic E-state index is 12.5. The summed E-state index contributed by atoms with van der Waals surface area (Å²) in [6.07, 6.45) is 1.45. The van der Waals surface area contributed by atoms with E-state index >= 15 is 0 Å². The van der Waals surface area contributed by atoms with Crippen LogP contribution in [0.3, 0.4) is 0 Å². The molecule has 3 rings (SSSR count). The minimum absolute atomic E-state index is 0.0956. The van der Waals surface area contributed by atoms with Crippen LogP contribution in [0.5, 0.6) is 0 Å². The van der Waals surface area contributed by atoms with E-state index in [-0.39, 0.29) is 18.0 Å². The topological polar surface area (TPSA) is 59.3 Å². The van der Waals surface area contributed by atoms with Crippen LogP contribution in [0, 0.1) is 20.8 Å². The van der Waals surface area contributed by atoms with Gasteiger partial charge in [-0.15, -0.1) is 0 Å². The van der Waals surface area contributed by atoms with Gasteiger partial charge in [0.05, 0.1) is 0 Å². The van der Waals surface area contributed by atoms with E-state index in [1.165, 1.54) is 0 Å². The molecule has 1 amide bonds. The Morgan fingerprint density at radius 2 is 1.89 bits per heavy atom. The fourth-order valence-electron chi connectivity index (χ4n) is 3.43. The van der Waals surface area contributed by atoms with Crippen molar-refractivity contribution < 1.29 is 9.21 Å². The quantitative estimate of drug-likeness (QED) is 0.659. The van der Waals surface area contributed by atoms with Gasteiger partial charge in [0.1, 0.15) is 5.58 Å². The van der Waals surface area contributed by atoms with Crippen LogP contribution < -0.4 is 10.9 Å². The fourth-order valence-corrected chi connectivity index (χ4v) is 3.43. The lowest BCUT2D eigenvalue weighted by Crippen LogP contribution is -2.17. The Balaban J connectivity index is 1.80. The normalized spacial score (nSPS) is 11.0. The van der Waals surface area contributed by atoms with Gasteiger partial charge in [0, 0.05) is 23.1 Å². The Morgan fingerprint density at radius 3 is 2.63 bits per heavy atom. The van der Waals surface area contributed by atoms with Crippen LogP contribution in [0.1, 0.15) is 41.2 Å². The number of rotatable bonds is 5. The molecule has 0 aliphatic carbocycles. The van der Waals surface area contributed by atoms with Crippen LogP contribution in [0.15, 0.2) is 45.6 Å². The average molecular weight is 363 g/mol. The van der Waals surface area contributed by atoms with Crippen molar-refractivity contribution in [3.05, 3.63) is 74.6 Å². The smallest absolute Gasteiger partial charge is 0.339 e. The van der Waals surface area contributed by atoms with Crippen LogP contribution in [0.4, 0.5) is 5.69 Å². The summed E-state index contributed by atoms with van der Waals surface area (Å²) in [6, 6.07) is 11.8. The van der Waals surface area contributed by atoms with Gasteiger partial charge in [-0.3, -0.25) is 4.79 Å². The average Bonchev–Trinajstić information content (AvgIpc) is 2.62. The molecule has 1 aromatic heterocycles. The van der Waals surface area contributed by atoms with Gasteiger partial charge in [-0.2, -0.15) is 0 Å². The van der Waals surface area contributed by atoms with Gasteiger partial charge in [0.25, 0.3) is 0 Å². The molecule has 0 aliphatic heterocycles. The maximum atomic E-state index is 12.5. The molecular formula is C23H25NO3. The van der Waals surface area contributed by atoms with Crippen LogP contribution in [-0.2, 0) is 17.6 Å². The largest absolute Gasteiger partial charge is 0.423 e. The van der Waals surface area contributed by atoms with Crippen molar-refractivity contribution in [2.45, 2.75) is 47.0 Å². The van der Waals surface area contributed by atoms with Gasteiger partial charge in [0.15, 0.2) is 0 Å². The zero-order valence-corrected chi connectivity index (χ0v) is 16.3. The van der Waals surface area contributed by atoms with Gasteiger partial charge in [0.2, 0.25) is 5.91 Å². The van der Waals surface area contributed by atoms with E-state index in [9.17, 15) is 9.59 Å². The summed E-state index contributed by atoms with van der Waals surface area (Å²) in [7, 11) is 0. The molecule has 0 saturated carbocycles. The summed E-state index contributed by atoms with van der Waals surface area (Å²) in [5, 5.41) is 3.93. The van der Waals surface area contributed by atoms with E-state index in [4.69, 9.17) is 4.42 Å². The molecule has 4 nitrogen and oxygen atoms in total. The van der Waals surface area contributed by atoms with Crippen molar-refractivity contribution in [1.82, 2.24) is 0 Å². The Labute approximate surface area is 159 Å². The van der Waals surface area contributed by atoms with E-state index in [2.05, 4.69) is 12.2 Å². The SMILES string of the molecule is CCc1cccc(C)c1NC(=O)CCc1c(C)c2ccc(C)cc2oc1=O. The number of anilines is 1. The molecule has 1 N–H and O–H groups in total. The highest BCUT2D eigenvalue weighted by Crippen LogP contribution is 2.23. The third-order valence-corrected chi connectivity index (χ3v) is 5.05. The number of para-hydroxylation sites is 1. The molecule has 0 radical (unpaired) electrons. The molecule has 0 spiro atoms. The number of fused-ring (bicyclic) bond motifs is 1. The number of hydrogen-bond donors (Lipinski definition) is 1. The van der Waals surface area contributed by atoms with Crippen LogP contribution in [0.2, 0.25) is 0 Å². The molecule has 1 heterocycles. The third kappa shape index (κ3) is 3.95. The summed E-state index contributed by atoms with van der Waals surface area (Å²) in [4.78, 5) is 24.9. The first kappa shape index (κ1) is 18.9. The van der Waals surface area contributed by atoms with Crippen molar-refractivity contribution >= 4 is 22.6 Å². The maximum Gasteiger partial charge on any atom is 0.339 e. The van der Waals surface area contributed by atoms with Crippen LogP contribution >= 0.6 is 0 Å². The molecule has 3 aromatic rings. The molecule has 2 aromatic carbocycles. The lowest BCUT2D eigenvalue weighted by atomic mass is 10.0. The predicted molar refractivity (Wildman–Crippen MR) is 109 cm³/mol. The number of aryl methyl sites for hydroxylation is 4. The van der Waals surface area contributed by atoms with Gasteiger partial charge in [-0.25, -0.2) is 4.79 Å². The number of carbonyl (C=O) groups excluding carboxylic acids is 1. The molecule has 0 bridgehead atoms.